The van der Waals surface area contributed by atoms with Gasteiger partial charge in [-0.1, -0.05) is 12.1 Å². The second-order valence-corrected chi connectivity index (χ2v) is 8.47. The minimum absolute atomic E-state index is 0.134. The van der Waals surface area contributed by atoms with Gasteiger partial charge < -0.3 is 19.3 Å². The van der Waals surface area contributed by atoms with Crippen molar-refractivity contribution in [1.29, 1.82) is 0 Å². The number of benzene rings is 1. The van der Waals surface area contributed by atoms with E-state index in [0.29, 0.717) is 30.1 Å². The number of rotatable bonds is 10. The van der Waals surface area contributed by atoms with Gasteiger partial charge in [-0.05, 0) is 47.6 Å². The number of nitro groups is 1. The zero-order chi connectivity index (χ0) is 24.7. The number of allylic oxidation sites excluding steroid dienone is 1. The SMILES string of the molecule is CC1=NC(C)=C(C(=O)OCCN(C)C)C(c2cccc([N+](=O)[O-])c2)C1C(=O)OCCN(C)C. The molecule has 180 valence electrons. The summed E-state index contributed by atoms with van der Waals surface area (Å²) >= 11 is 0. The molecule has 10 nitrogen and oxygen atoms in total. The van der Waals surface area contributed by atoms with E-state index in [1.807, 2.05) is 38.0 Å². The van der Waals surface area contributed by atoms with E-state index in [4.69, 9.17) is 9.47 Å². The second-order valence-electron chi connectivity index (χ2n) is 8.47. The fourth-order valence-corrected chi connectivity index (χ4v) is 3.62. The number of carbonyl (C=O) groups is 2. The van der Waals surface area contributed by atoms with Crippen LogP contribution in [-0.4, -0.2) is 86.9 Å². The van der Waals surface area contributed by atoms with Gasteiger partial charge >= 0.3 is 11.9 Å². The van der Waals surface area contributed by atoms with Crippen LogP contribution in [0.2, 0.25) is 0 Å². The van der Waals surface area contributed by atoms with E-state index in [2.05, 4.69) is 4.99 Å². The molecule has 1 aromatic rings. The van der Waals surface area contributed by atoms with Crippen molar-refractivity contribution in [3.05, 3.63) is 51.2 Å². The first-order valence-corrected chi connectivity index (χ1v) is 10.7. The number of esters is 2. The van der Waals surface area contributed by atoms with Crippen LogP contribution in [-0.2, 0) is 19.1 Å². The molecule has 0 fully saturated rings. The maximum Gasteiger partial charge on any atom is 0.336 e. The molecule has 1 aliphatic heterocycles. The molecular weight excluding hydrogens is 428 g/mol. The van der Waals surface area contributed by atoms with Crippen LogP contribution in [0.5, 0.6) is 0 Å². The third-order valence-corrected chi connectivity index (χ3v) is 5.30. The Hall–Kier alpha value is -3.11. The fraction of sp³-hybridized carbons (Fsp3) is 0.522. The molecule has 2 unspecified atom stereocenters. The van der Waals surface area contributed by atoms with Gasteiger partial charge in [-0.15, -0.1) is 0 Å². The average molecular weight is 461 g/mol. The molecule has 0 N–H and O–H groups in total. The van der Waals surface area contributed by atoms with Crippen molar-refractivity contribution in [1.82, 2.24) is 9.80 Å². The Morgan fingerprint density at radius 3 is 2.24 bits per heavy atom. The monoisotopic (exact) mass is 460 g/mol. The van der Waals surface area contributed by atoms with Crippen LogP contribution in [0.3, 0.4) is 0 Å². The van der Waals surface area contributed by atoms with Crippen LogP contribution in [0.4, 0.5) is 5.69 Å². The Labute approximate surface area is 194 Å². The lowest BCUT2D eigenvalue weighted by atomic mass is 9.75. The Morgan fingerprint density at radius 2 is 1.67 bits per heavy atom. The molecule has 33 heavy (non-hydrogen) atoms. The lowest BCUT2D eigenvalue weighted by molar-refractivity contribution is -0.384. The molecule has 1 heterocycles. The van der Waals surface area contributed by atoms with Crippen molar-refractivity contribution >= 4 is 23.3 Å². The zero-order valence-corrected chi connectivity index (χ0v) is 20.0. The fourth-order valence-electron chi connectivity index (χ4n) is 3.62. The first-order chi connectivity index (χ1) is 15.5. The second kappa shape index (κ2) is 11.7. The largest absolute Gasteiger partial charge is 0.464 e. The number of ether oxygens (including phenoxy) is 2. The number of non-ortho nitro benzene ring substituents is 1. The lowest BCUT2D eigenvalue weighted by Gasteiger charge is -2.31. The van der Waals surface area contributed by atoms with E-state index >= 15 is 0 Å². The number of aliphatic imine (C=N–C) groups is 1. The van der Waals surface area contributed by atoms with Gasteiger partial charge in [-0.25, -0.2) is 4.79 Å². The average Bonchev–Trinajstić information content (AvgIpc) is 2.72. The van der Waals surface area contributed by atoms with Gasteiger partial charge in [0, 0.05) is 42.5 Å². The predicted molar refractivity (Wildman–Crippen MR) is 124 cm³/mol. The maximum atomic E-state index is 13.1. The van der Waals surface area contributed by atoms with Crippen LogP contribution in [0.25, 0.3) is 0 Å². The predicted octanol–water partition coefficient (Wildman–Crippen LogP) is 2.25. The number of carbonyl (C=O) groups excluding carboxylic acids is 2. The molecule has 2 rings (SSSR count). The Bertz CT molecular complexity index is 954. The summed E-state index contributed by atoms with van der Waals surface area (Å²) in [4.78, 5) is 45.3. The highest BCUT2D eigenvalue weighted by Gasteiger charge is 2.42. The summed E-state index contributed by atoms with van der Waals surface area (Å²) in [7, 11) is 7.44. The number of likely N-dealkylation sites (N-methyl/N-ethyl adjacent to an activating group) is 2. The smallest absolute Gasteiger partial charge is 0.336 e. The molecular formula is C23H32N4O6. The number of hydrogen-bond donors (Lipinski definition) is 0. The van der Waals surface area contributed by atoms with E-state index in [1.54, 1.807) is 19.9 Å². The minimum atomic E-state index is -0.908. The minimum Gasteiger partial charge on any atom is -0.464 e. The summed E-state index contributed by atoms with van der Waals surface area (Å²) in [6.45, 7) is 4.75. The quantitative estimate of drug-likeness (QED) is 0.297. The number of nitro benzene ring substituents is 1. The molecule has 0 aromatic heterocycles. The van der Waals surface area contributed by atoms with Crippen molar-refractivity contribution in [2.24, 2.45) is 10.9 Å². The molecule has 10 heteroatoms. The summed E-state index contributed by atoms with van der Waals surface area (Å²) < 4.78 is 11.0. The van der Waals surface area contributed by atoms with E-state index < -0.39 is 28.7 Å². The van der Waals surface area contributed by atoms with Gasteiger partial charge in [-0.2, -0.15) is 0 Å². The molecule has 2 atom stereocenters. The van der Waals surface area contributed by atoms with Crippen LogP contribution < -0.4 is 0 Å². The van der Waals surface area contributed by atoms with Crippen molar-refractivity contribution in [3.63, 3.8) is 0 Å². The van der Waals surface area contributed by atoms with E-state index in [9.17, 15) is 19.7 Å². The van der Waals surface area contributed by atoms with Crippen molar-refractivity contribution < 1.29 is 24.0 Å². The van der Waals surface area contributed by atoms with Crippen molar-refractivity contribution in [2.45, 2.75) is 19.8 Å². The van der Waals surface area contributed by atoms with Crippen LogP contribution in [0, 0.1) is 16.0 Å². The lowest BCUT2D eigenvalue weighted by Crippen LogP contribution is -2.37. The highest BCUT2D eigenvalue weighted by molar-refractivity contribution is 6.07. The summed E-state index contributed by atoms with van der Waals surface area (Å²) in [5.74, 6) is -2.87. The van der Waals surface area contributed by atoms with E-state index in [0.717, 1.165) is 0 Å². The summed E-state index contributed by atoms with van der Waals surface area (Å²) in [5, 5.41) is 11.4. The molecule has 0 aliphatic carbocycles. The molecule has 1 aliphatic rings. The van der Waals surface area contributed by atoms with Crippen molar-refractivity contribution in [2.75, 3.05) is 54.5 Å². The maximum absolute atomic E-state index is 13.1. The molecule has 0 spiro atoms. The van der Waals surface area contributed by atoms with E-state index in [-0.39, 0.29) is 24.5 Å². The van der Waals surface area contributed by atoms with Gasteiger partial charge in [0.1, 0.15) is 19.1 Å². The third kappa shape index (κ3) is 6.93. The summed E-state index contributed by atoms with van der Waals surface area (Å²) in [5.41, 5.74) is 1.41. The number of hydrogen-bond acceptors (Lipinski definition) is 9. The molecule has 0 saturated carbocycles. The van der Waals surface area contributed by atoms with Gasteiger partial charge in [0.15, 0.2) is 0 Å². The van der Waals surface area contributed by atoms with Crippen LogP contribution >= 0.6 is 0 Å². The van der Waals surface area contributed by atoms with Crippen LogP contribution in [0.1, 0.15) is 25.3 Å². The highest BCUT2D eigenvalue weighted by Crippen LogP contribution is 2.41. The third-order valence-electron chi connectivity index (χ3n) is 5.30. The zero-order valence-electron chi connectivity index (χ0n) is 20.0. The molecule has 0 radical (unpaired) electrons. The highest BCUT2D eigenvalue weighted by atomic mass is 16.6. The molecule has 0 saturated heterocycles. The Morgan fingerprint density at radius 1 is 1.06 bits per heavy atom. The molecule has 1 aromatic carbocycles. The van der Waals surface area contributed by atoms with Crippen molar-refractivity contribution in [3.8, 4) is 0 Å². The first-order valence-electron chi connectivity index (χ1n) is 10.7. The normalized spacial score (nSPS) is 18.4. The first kappa shape index (κ1) is 26.1. The summed E-state index contributed by atoms with van der Waals surface area (Å²) in [6.07, 6.45) is 0. The Balaban J connectivity index is 2.49. The Kier molecular flexibility index (Phi) is 9.24. The molecule has 0 bridgehead atoms. The van der Waals surface area contributed by atoms with Gasteiger partial charge in [0.05, 0.1) is 10.5 Å². The topological polar surface area (TPSA) is 115 Å². The van der Waals surface area contributed by atoms with Gasteiger partial charge in [0.2, 0.25) is 0 Å². The van der Waals surface area contributed by atoms with Crippen LogP contribution in [0.15, 0.2) is 40.5 Å². The standard InChI is InChI=1S/C23H32N4O6/c1-15-19(22(28)32-12-10-25(3)4)21(17-8-7-9-18(14-17)27(30)31)20(16(2)24-15)23(29)33-13-11-26(5)6/h7-9,14,19,21H,10-13H2,1-6H3. The summed E-state index contributed by atoms with van der Waals surface area (Å²) in [6, 6.07) is 5.94. The molecule has 0 amide bonds. The number of nitrogens with zero attached hydrogens (tertiary/aromatic N) is 4. The van der Waals surface area contributed by atoms with Gasteiger partial charge in [0.25, 0.3) is 5.69 Å². The van der Waals surface area contributed by atoms with Gasteiger partial charge in [-0.3, -0.25) is 19.9 Å². The van der Waals surface area contributed by atoms with E-state index in [1.165, 1.54) is 18.2 Å².